The topological polar surface area (TPSA) is 48.5 Å². The van der Waals surface area contributed by atoms with Crippen molar-refractivity contribution in [2.24, 2.45) is 0 Å². The van der Waals surface area contributed by atoms with E-state index in [1.165, 1.54) is 4.88 Å². The number of aromatic nitrogens is 1. The second-order valence-corrected chi connectivity index (χ2v) is 5.70. The fourth-order valence-corrected chi connectivity index (χ4v) is 2.74. The summed E-state index contributed by atoms with van der Waals surface area (Å²) in [5.41, 5.74) is 0. The van der Waals surface area contributed by atoms with E-state index in [9.17, 15) is 4.79 Å². The van der Waals surface area contributed by atoms with Gasteiger partial charge in [0.25, 0.3) is 0 Å². The number of nitrogens with one attached hydrogen (secondary N) is 1. The summed E-state index contributed by atoms with van der Waals surface area (Å²) in [5.74, 6) is 0.204. The van der Waals surface area contributed by atoms with Crippen LogP contribution >= 0.6 is 11.3 Å². The maximum atomic E-state index is 11.6. The largest absolute Gasteiger partial charge is 0.362 e. The van der Waals surface area contributed by atoms with Crippen LogP contribution in [0.2, 0.25) is 0 Å². The third-order valence-corrected chi connectivity index (χ3v) is 3.94. The molecule has 0 saturated carbocycles. The molecule has 1 N–H and O–H groups in total. The highest BCUT2D eigenvalue weighted by Gasteiger charge is 2.21. The van der Waals surface area contributed by atoms with Crippen molar-refractivity contribution in [3.8, 4) is 0 Å². The summed E-state index contributed by atoms with van der Waals surface area (Å²) in [6.45, 7) is 6.20. The van der Waals surface area contributed by atoms with E-state index in [2.05, 4.69) is 22.1 Å². The molecule has 1 amide bonds. The Morgan fingerprint density at radius 1 is 1.50 bits per heavy atom. The van der Waals surface area contributed by atoms with Crippen LogP contribution in [0, 0.1) is 0 Å². The molecule has 6 heteroatoms. The average Bonchev–Trinajstić information content (AvgIpc) is 2.79. The summed E-state index contributed by atoms with van der Waals surface area (Å²) < 4.78 is 0. The Balaban J connectivity index is 1.85. The molecule has 1 aliphatic heterocycles. The number of hydrogen-bond donors (Lipinski definition) is 1. The Labute approximate surface area is 112 Å². The van der Waals surface area contributed by atoms with Gasteiger partial charge in [0.1, 0.15) is 0 Å². The highest BCUT2D eigenvalue weighted by molar-refractivity contribution is 7.15. The van der Waals surface area contributed by atoms with E-state index in [0.717, 1.165) is 37.7 Å². The minimum absolute atomic E-state index is 0.204. The predicted molar refractivity (Wildman–Crippen MR) is 73.8 cm³/mol. The molecule has 0 aromatic carbocycles. The standard InChI is InChI=1S/C12H20N4OS/c1-3-4-13-12-14-7-10(18-12)8-16-6-5-15(2)11(17)9-16/h7H,3-6,8-9H2,1-2H3,(H,13,14). The maximum Gasteiger partial charge on any atom is 0.236 e. The van der Waals surface area contributed by atoms with Gasteiger partial charge >= 0.3 is 0 Å². The van der Waals surface area contributed by atoms with Crippen molar-refractivity contribution in [3.05, 3.63) is 11.1 Å². The molecule has 0 spiro atoms. The number of carbonyl (C=O) groups excluding carboxylic acids is 1. The van der Waals surface area contributed by atoms with Crippen LogP contribution < -0.4 is 5.32 Å². The molecule has 1 saturated heterocycles. The van der Waals surface area contributed by atoms with Crippen molar-refractivity contribution in [2.45, 2.75) is 19.9 Å². The van der Waals surface area contributed by atoms with E-state index in [4.69, 9.17) is 0 Å². The van der Waals surface area contributed by atoms with Gasteiger partial charge in [-0.25, -0.2) is 4.98 Å². The summed E-state index contributed by atoms with van der Waals surface area (Å²) in [4.78, 5) is 21.1. The molecule has 0 radical (unpaired) electrons. The normalized spacial score (nSPS) is 17.2. The Morgan fingerprint density at radius 2 is 2.33 bits per heavy atom. The maximum absolute atomic E-state index is 11.6. The van der Waals surface area contributed by atoms with Gasteiger partial charge in [-0.1, -0.05) is 6.92 Å². The third kappa shape index (κ3) is 3.43. The van der Waals surface area contributed by atoms with E-state index in [-0.39, 0.29) is 5.91 Å². The van der Waals surface area contributed by atoms with Crippen LogP contribution in [0.3, 0.4) is 0 Å². The van der Waals surface area contributed by atoms with Gasteiger partial charge in [-0.3, -0.25) is 9.69 Å². The van der Waals surface area contributed by atoms with Gasteiger partial charge in [0.2, 0.25) is 5.91 Å². The number of rotatable bonds is 5. The zero-order chi connectivity index (χ0) is 13.0. The number of thiazole rings is 1. The van der Waals surface area contributed by atoms with Gasteiger partial charge in [-0.05, 0) is 6.42 Å². The molecule has 5 nitrogen and oxygen atoms in total. The predicted octanol–water partition coefficient (Wildman–Crippen LogP) is 1.24. The van der Waals surface area contributed by atoms with Crippen molar-refractivity contribution in [1.29, 1.82) is 0 Å². The molecule has 2 rings (SSSR count). The van der Waals surface area contributed by atoms with Crippen molar-refractivity contribution in [1.82, 2.24) is 14.8 Å². The van der Waals surface area contributed by atoms with E-state index in [0.29, 0.717) is 6.54 Å². The smallest absolute Gasteiger partial charge is 0.236 e. The first-order valence-electron chi connectivity index (χ1n) is 6.34. The van der Waals surface area contributed by atoms with E-state index in [1.807, 2.05) is 13.2 Å². The van der Waals surface area contributed by atoms with Gasteiger partial charge in [0.15, 0.2) is 5.13 Å². The van der Waals surface area contributed by atoms with Gasteiger partial charge in [-0.15, -0.1) is 11.3 Å². The monoisotopic (exact) mass is 268 g/mol. The van der Waals surface area contributed by atoms with Crippen molar-refractivity contribution in [2.75, 3.05) is 38.5 Å². The number of carbonyl (C=O) groups is 1. The lowest BCUT2D eigenvalue weighted by Gasteiger charge is -2.31. The lowest BCUT2D eigenvalue weighted by atomic mass is 10.3. The molecule has 1 fully saturated rings. The second-order valence-electron chi connectivity index (χ2n) is 4.58. The first-order valence-corrected chi connectivity index (χ1v) is 7.15. The highest BCUT2D eigenvalue weighted by atomic mass is 32.1. The third-order valence-electron chi connectivity index (χ3n) is 3.00. The molecule has 1 aromatic rings. The zero-order valence-electron chi connectivity index (χ0n) is 11.0. The first-order chi connectivity index (χ1) is 8.69. The lowest BCUT2D eigenvalue weighted by Crippen LogP contribution is -2.47. The van der Waals surface area contributed by atoms with E-state index < -0.39 is 0 Å². The summed E-state index contributed by atoms with van der Waals surface area (Å²) >= 11 is 1.68. The fourth-order valence-electron chi connectivity index (χ4n) is 1.86. The number of anilines is 1. The quantitative estimate of drug-likeness (QED) is 0.873. The summed E-state index contributed by atoms with van der Waals surface area (Å²) in [6.07, 6.45) is 3.01. The van der Waals surface area contributed by atoms with Gasteiger partial charge in [-0.2, -0.15) is 0 Å². The highest BCUT2D eigenvalue weighted by Crippen LogP contribution is 2.20. The minimum Gasteiger partial charge on any atom is -0.362 e. The van der Waals surface area contributed by atoms with Crippen molar-refractivity contribution >= 4 is 22.4 Å². The molecular weight excluding hydrogens is 248 g/mol. The molecular formula is C12H20N4OS. The number of hydrogen-bond acceptors (Lipinski definition) is 5. The molecule has 0 atom stereocenters. The molecule has 1 aromatic heterocycles. The molecule has 0 bridgehead atoms. The van der Waals surface area contributed by atoms with E-state index >= 15 is 0 Å². The van der Waals surface area contributed by atoms with Crippen LogP contribution in [0.15, 0.2) is 6.20 Å². The van der Waals surface area contributed by atoms with Gasteiger partial charge in [0, 0.05) is 44.3 Å². The molecule has 2 heterocycles. The van der Waals surface area contributed by atoms with Crippen molar-refractivity contribution < 1.29 is 4.79 Å². The van der Waals surface area contributed by atoms with Crippen LogP contribution in [0.4, 0.5) is 5.13 Å². The molecule has 1 aliphatic rings. The molecule has 18 heavy (non-hydrogen) atoms. The second kappa shape index (κ2) is 6.15. The number of nitrogens with zero attached hydrogens (tertiary/aromatic N) is 3. The molecule has 100 valence electrons. The average molecular weight is 268 g/mol. The fraction of sp³-hybridized carbons (Fsp3) is 0.667. The van der Waals surface area contributed by atoms with Gasteiger partial charge < -0.3 is 10.2 Å². The number of likely N-dealkylation sites (N-methyl/N-ethyl adjacent to an activating group) is 1. The van der Waals surface area contributed by atoms with Crippen LogP contribution in [0.1, 0.15) is 18.2 Å². The lowest BCUT2D eigenvalue weighted by molar-refractivity contribution is -0.134. The minimum atomic E-state index is 0.204. The van der Waals surface area contributed by atoms with Crippen LogP contribution in [0.25, 0.3) is 0 Å². The van der Waals surface area contributed by atoms with Crippen molar-refractivity contribution in [3.63, 3.8) is 0 Å². The number of piperazine rings is 1. The molecule has 0 aliphatic carbocycles. The number of amides is 1. The Kier molecular flexibility index (Phi) is 4.54. The zero-order valence-corrected chi connectivity index (χ0v) is 11.8. The summed E-state index contributed by atoms with van der Waals surface area (Å²) in [7, 11) is 1.86. The SMILES string of the molecule is CCCNc1ncc(CN2CCN(C)C(=O)C2)s1. The first kappa shape index (κ1) is 13.3. The van der Waals surface area contributed by atoms with E-state index in [1.54, 1.807) is 16.2 Å². The molecule has 0 unspecified atom stereocenters. The van der Waals surface area contributed by atoms with Crippen LogP contribution in [-0.4, -0.2) is 53.9 Å². The van der Waals surface area contributed by atoms with Gasteiger partial charge in [0.05, 0.1) is 6.54 Å². The Morgan fingerprint density at radius 3 is 3.06 bits per heavy atom. The Bertz CT molecular complexity index is 407. The summed E-state index contributed by atoms with van der Waals surface area (Å²) in [6, 6.07) is 0. The summed E-state index contributed by atoms with van der Waals surface area (Å²) in [5, 5.41) is 4.26. The van der Waals surface area contributed by atoms with Crippen LogP contribution in [0.5, 0.6) is 0 Å². The van der Waals surface area contributed by atoms with Crippen LogP contribution in [-0.2, 0) is 11.3 Å². The Hall–Kier alpha value is -1.14.